The van der Waals surface area contributed by atoms with Crippen LogP contribution in [0.3, 0.4) is 0 Å². The molecule has 1 fully saturated rings. The lowest BCUT2D eigenvalue weighted by Gasteiger charge is -2.22. The predicted octanol–water partition coefficient (Wildman–Crippen LogP) is 4.95. The fraction of sp³-hybridized carbons (Fsp3) is 0.111. The zero-order chi connectivity index (χ0) is 27.1. The standard InChI is InChI=1S/C27H19FN6O3S2/c1-15-21(33-12-5-4-10-19(33)30-15)23(35)20-22(16-8-6-11-29-13-16)34(25(37)24(20)36)26-31-32-27(39-26)38-14-17-7-2-3-9-18(17)28/h2-13,22,35H,14H2,1H3/b23-20+. The molecule has 0 bridgehead atoms. The van der Waals surface area contributed by atoms with Crippen molar-refractivity contribution in [1.29, 1.82) is 0 Å². The average molecular weight is 559 g/mol. The van der Waals surface area contributed by atoms with Crippen LogP contribution in [0.25, 0.3) is 11.4 Å². The molecule has 39 heavy (non-hydrogen) atoms. The molecule has 1 atom stereocenters. The van der Waals surface area contributed by atoms with Crippen LogP contribution in [0.1, 0.15) is 28.6 Å². The van der Waals surface area contributed by atoms with E-state index in [1.54, 1.807) is 66.2 Å². The zero-order valence-corrected chi connectivity index (χ0v) is 22.0. The number of aryl methyl sites for hydroxylation is 1. The van der Waals surface area contributed by atoms with E-state index in [1.807, 2.05) is 6.07 Å². The lowest BCUT2D eigenvalue weighted by Crippen LogP contribution is -2.29. The van der Waals surface area contributed by atoms with Gasteiger partial charge in [0.2, 0.25) is 5.13 Å². The molecule has 0 spiro atoms. The van der Waals surface area contributed by atoms with E-state index in [0.29, 0.717) is 38.3 Å². The SMILES string of the molecule is Cc1nc2ccccn2c1/C(O)=C1\C(=O)C(=O)N(c2nnc(SCc3ccccc3F)s2)C1c1cccnc1. The number of Topliss-reactive ketones (excluding diaryl/α,β-unsaturated/α-hetero) is 1. The second-order valence-electron chi connectivity index (χ2n) is 8.66. The smallest absolute Gasteiger partial charge is 0.301 e. The van der Waals surface area contributed by atoms with Crippen LogP contribution in [0.4, 0.5) is 9.52 Å². The molecular weight excluding hydrogens is 539 g/mol. The van der Waals surface area contributed by atoms with Gasteiger partial charge in [-0.15, -0.1) is 10.2 Å². The van der Waals surface area contributed by atoms with E-state index in [2.05, 4.69) is 20.2 Å². The van der Waals surface area contributed by atoms with Gasteiger partial charge in [-0.25, -0.2) is 9.37 Å². The Morgan fingerprint density at radius 3 is 2.72 bits per heavy atom. The molecule has 4 aromatic heterocycles. The number of aromatic nitrogens is 5. The fourth-order valence-corrected chi connectivity index (χ4v) is 6.38. The number of aliphatic hydroxyl groups is 1. The lowest BCUT2D eigenvalue weighted by atomic mass is 9.97. The van der Waals surface area contributed by atoms with Crippen LogP contribution in [0.5, 0.6) is 0 Å². The number of carbonyl (C=O) groups is 2. The second-order valence-corrected chi connectivity index (χ2v) is 10.8. The highest BCUT2D eigenvalue weighted by Gasteiger charge is 2.49. The van der Waals surface area contributed by atoms with Crippen molar-refractivity contribution < 1.29 is 19.1 Å². The van der Waals surface area contributed by atoms with Crippen LogP contribution in [0.2, 0.25) is 0 Å². The Bertz CT molecular complexity index is 1770. The number of fused-ring (bicyclic) bond motifs is 1. The third kappa shape index (κ3) is 4.37. The van der Waals surface area contributed by atoms with Crippen molar-refractivity contribution in [3.05, 3.63) is 107 Å². The van der Waals surface area contributed by atoms with Crippen LogP contribution in [-0.2, 0) is 15.3 Å². The van der Waals surface area contributed by atoms with Crippen molar-refractivity contribution in [2.45, 2.75) is 23.1 Å². The summed E-state index contributed by atoms with van der Waals surface area (Å²) in [5.41, 5.74) is 2.33. The number of halogens is 1. The number of anilines is 1. The summed E-state index contributed by atoms with van der Waals surface area (Å²) in [6.07, 6.45) is 4.84. The van der Waals surface area contributed by atoms with Gasteiger partial charge in [-0.2, -0.15) is 0 Å². The maximum Gasteiger partial charge on any atom is 0.301 e. The van der Waals surface area contributed by atoms with Gasteiger partial charge in [0.25, 0.3) is 5.78 Å². The first kappa shape index (κ1) is 24.9. The van der Waals surface area contributed by atoms with E-state index in [4.69, 9.17) is 0 Å². The number of thioether (sulfide) groups is 1. The molecule has 0 aliphatic carbocycles. The third-order valence-corrected chi connectivity index (χ3v) is 8.39. The number of aliphatic hydroxyl groups excluding tert-OH is 1. The number of hydrogen-bond donors (Lipinski definition) is 1. The summed E-state index contributed by atoms with van der Waals surface area (Å²) in [7, 11) is 0. The van der Waals surface area contributed by atoms with Gasteiger partial charge in [-0.3, -0.25) is 23.9 Å². The molecule has 6 rings (SSSR count). The molecular formula is C27H19FN6O3S2. The van der Waals surface area contributed by atoms with Crippen LogP contribution < -0.4 is 4.90 Å². The highest BCUT2D eigenvalue weighted by atomic mass is 32.2. The molecule has 0 radical (unpaired) electrons. The maximum atomic E-state index is 14.1. The van der Waals surface area contributed by atoms with E-state index in [-0.39, 0.29) is 22.3 Å². The first-order valence-electron chi connectivity index (χ1n) is 11.8. The minimum Gasteiger partial charge on any atom is -0.505 e. The Morgan fingerprint density at radius 2 is 1.92 bits per heavy atom. The predicted molar refractivity (Wildman–Crippen MR) is 145 cm³/mol. The van der Waals surface area contributed by atoms with Crippen LogP contribution >= 0.6 is 23.1 Å². The number of benzene rings is 1. The Kier molecular flexibility index (Phi) is 6.41. The van der Waals surface area contributed by atoms with Crippen molar-refractivity contribution >= 4 is 51.3 Å². The number of nitrogens with zero attached hydrogens (tertiary/aromatic N) is 6. The number of hydrogen-bond acceptors (Lipinski definition) is 9. The van der Waals surface area contributed by atoms with Crippen molar-refractivity contribution in [2.24, 2.45) is 0 Å². The Balaban J connectivity index is 1.43. The normalized spacial score (nSPS) is 16.9. The van der Waals surface area contributed by atoms with Crippen molar-refractivity contribution in [3.8, 4) is 0 Å². The monoisotopic (exact) mass is 558 g/mol. The topological polar surface area (TPSA) is 114 Å². The van der Waals surface area contributed by atoms with Crippen LogP contribution in [-0.4, -0.2) is 41.4 Å². The van der Waals surface area contributed by atoms with E-state index < -0.39 is 17.7 Å². The number of carbonyl (C=O) groups excluding carboxylic acids is 2. The minimum atomic E-state index is -0.996. The van der Waals surface area contributed by atoms with Crippen molar-refractivity contribution in [3.63, 3.8) is 0 Å². The summed E-state index contributed by atoms with van der Waals surface area (Å²) in [5.74, 6) is -2.06. The Morgan fingerprint density at radius 1 is 1.10 bits per heavy atom. The number of amides is 1. The van der Waals surface area contributed by atoms with Gasteiger partial charge in [0.15, 0.2) is 10.1 Å². The molecule has 1 unspecified atom stereocenters. The quantitative estimate of drug-likeness (QED) is 0.102. The molecule has 1 amide bonds. The van der Waals surface area contributed by atoms with Gasteiger partial charge < -0.3 is 5.11 Å². The highest BCUT2D eigenvalue weighted by molar-refractivity contribution is 8.00. The molecule has 0 saturated carbocycles. The van der Waals surface area contributed by atoms with E-state index in [9.17, 15) is 19.1 Å². The van der Waals surface area contributed by atoms with Crippen LogP contribution in [0, 0.1) is 12.7 Å². The highest BCUT2D eigenvalue weighted by Crippen LogP contribution is 2.44. The fourth-order valence-electron chi connectivity index (χ4n) is 4.52. The summed E-state index contributed by atoms with van der Waals surface area (Å²) >= 11 is 2.38. The summed E-state index contributed by atoms with van der Waals surface area (Å²) in [5, 5.41) is 20.1. The first-order valence-corrected chi connectivity index (χ1v) is 13.6. The van der Waals surface area contributed by atoms with Crippen molar-refractivity contribution in [1.82, 2.24) is 24.6 Å². The summed E-state index contributed by atoms with van der Waals surface area (Å²) < 4.78 is 16.2. The zero-order valence-electron chi connectivity index (χ0n) is 20.4. The summed E-state index contributed by atoms with van der Waals surface area (Å²) in [6.45, 7) is 1.72. The number of ketones is 1. The minimum absolute atomic E-state index is 0.0995. The maximum absolute atomic E-state index is 14.1. The summed E-state index contributed by atoms with van der Waals surface area (Å²) in [6, 6.07) is 14.2. The summed E-state index contributed by atoms with van der Waals surface area (Å²) in [4.78, 5) is 36.8. The van der Waals surface area contributed by atoms with Gasteiger partial charge in [-0.05, 0) is 42.3 Å². The molecule has 1 aliphatic heterocycles. The molecule has 1 aliphatic rings. The van der Waals surface area contributed by atoms with Gasteiger partial charge in [0.1, 0.15) is 17.2 Å². The average Bonchev–Trinajstić information content (AvgIpc) is 3.62. The van der Waals surface area contributed by atoms with Gasteiger partial charge in [-0.1, -0.05) is 53.4 Å². The van der Waals surface area contributed by atoms with Gasteiger partial charge >= 0.3 is 5.91 Å². The van der Waals surface area contributed by atoms with Crippen molar-refractivity contribution in [2.75, 3.05) is 4.90 Å². The molecule has 1 N–H and O–H groups in total. The van der Waals surface area contributed by atoms with E-state index in [1.165, 1.54) is 28.9 Å². The van der Waals surface area contributed by atoms with Gasteiger partial charge in [0, 0.05) is 24.3 Å². The molecule has 1 saturated heterocycles. The molecule has 194 valence electrons. The van der Waals surface area contributed by atoms with Gasteiger partial charge in [0.05, 0.1) is 17.3 Å². The van der Waals surface area contributed by atoms with Crippen LogP contribution in [0.15, 0.2) is 83.1 Å². The molecule has 1 aromatic carbocycles. The molecule has 12 heteroatoms. The Hall–Kier alpha value is -4.42. The van der Waals surface area contributed by atoms with E-state index in [0.717, 1.165) is 11.3 Å². The second kappa shape index (κ2) is 10.0. The molecule has 5 heterocycles. The number of rotatable bonds is 6. The largest absolute Gasteiger partial charge is 0.505 e. The van der Waals surface area contributed by atoms with E-state index >= 15 is 0 Å². The first-order chi connectivity index (χ1) is 18.9. The molecule has 9 nitrogen and oxygen atoms in total. The third-order valence-electron chi connectivity index (χ3n) is 6.28. The number of imidazole rings is 1. The Labute approximate surface area is 229 Å². The lowest BCUT2D eigenvalue weighted by molar-refractivity contribution is -0.132. The number of pyridine rings is 2. The molecule has 5 aromatic rings.